The number of hydrogen-bond donors (Lipinski definition) is 0. The van der Waals surface area contributed by atoms with Gasteiger partial charge in [0, 0.05) is 70.5 Å². The second-order valence-corrected chi connectivity index (χ2v) is 11.0. The minimum absolute atomic E-state index is 0.0210. The summed E-state index contributed by atoms with van der Waals surface area (Å²) in [6.45, 7) is 10.2. The van der Waals surface area contributed by atoms with Crippen molar-refractivity contribution in [2.24, 2.45) is 0 Å². The van der Waals surface area contributed by atoms with E-state index in [2.05, 4.69) is 11.0 Å². The van der Waals surface area contributed by atoms with Crippen molar-refractivity contribution in [3.05, 3.63) is 93.9 Å². The van der Waals surface area contributed by atoms with Crippen LogP contribution in [0.3, 0.4) is 0 Å². The van der Waals surface area contributed by atoms with Crippen molar-refractivity contribution in [3.63, 3.8) is 0 Å². The maximum Gasteiger partial charge on any atom is 0.329 e. The van der Waals surface area contributed by atoms with Gasteiger partial charge in [0.05, 0.1) is 18.1 Å². The molecule has 0 bridgehead atoms. The first-order chi connectivity index (χ1) is 20.8. The van der Waals surface area contributed by atoms with E-state index in [9.17, 15) is 14.4 Å². The maximum atomic E-state index is 14.2. The lowest BCUT2D eigenvalue weighted by Crippen LogP contribution is -2.38. The third-order valence-corrected chi connectivity index (χ3v) is 8.29. The number of fused-ring (bicyclic) bond motifs is 2. The molecule has 1 aromatic heterocycles. The number of amides is 2. The van der Waals surface area contributed by atoms with Gasteiger partial charge in [-0.05, 0) is 67.8 Å². The lowest BCUT2D eigenvalue weighted by molar-refractivity contribution is -0.116. The average molecular weight is 584 g/mol. The van der Waals surface area contributed by atoms with E-state index in [0.29, 0.717) is 51.4 Å². The van der Waals surface area contributed by atoms with Crippen molar-refractivity contribution in [1.29, 1.82) is 0 Å². The van der Waals surface area contributed by atoms with Crippen molar-refractivity contribution >= 4 is 28.5 Å². The number of carbonyl (C=O) groups is 2. The summed E-state index contributed by atoms with van der Waals surface area (Å²) >= 11 is 0. The van der Waals surface area contributed by atoms with Gasteiger partial charge in [-0.1, -0.05) is 30.3 Å². The van der Waals surface area contributed by atoms with Gasteiger partial charge < -0.3 is 14.5 Å². The largest absolute Gasteiger partial charge is 0.497 e. The molecule has 0 aliphatic carbocycles. The van der Waals surface area contributed by atoms with Crippen LogP contribution in [0.2, 0.25) is 0 Å². The molecule has 1 aliphatic heterocycles. The van der Waals surface area contributed by atoms with Crippen LogP contribution in [0.15, 0.2) is 71.5 Å². The number of ether oxygens (including phenoxy) is 1. The van der Waals surface area contributed by atoms with E-state index in [-0.39, 0.29) is 17.5 Å². The molecule has 0 fully saturated rings. The molecule has 226 valence electrons. The topological polar surface area (TPSA) is 80.0 Å². The Kier molecular flexibility index (Phi) is 9.31. The van der Waals surface area contributed by atoms with E-state index in [1.165, 1.54) is 0 Å². The van der Waals surface area contributed by atoms with Crippen LogP contribution in [0.1, 0.15) is 48.7 Å². The number of para-hydroxylation sites is 1. The molecule has 1 aliphatic rings. The van der Waals surface area contributed by atoms with Gasteiger partial charge in [-0.25, -0.2) is 4.79 Å². The smallest absolute Gasteiger partial charge is 0.329 e. The lowest BCUT2D eigenvalue weighted by atomic mass is 10.1. The highest BCUT2D eigenvalue weighted by Crippen LogP contribution is 2.25. The fourth-order valence-electron chi connectivity index (χ4n) is 6.07. The molecular formula is C34H41N5O4. The first-order valence-electron chi connectivity index (χ1n) is 15.1. The molecule has 0 atom stereocenters. The van der Waals surface area contributed by atoms with Crippen LogP contribution < -0.4 is 15.3 Å². The number of hydrogen-bond acceptors (Lipinski definition) is 5. The number of aromatic nitrogens is 2. The van der Waals surface area contributed by atoms with Crippen molar-refractivity contribution in [1.82, 2.24) is 18.9 Å². The summed E-state index contributed by atoms with van der Waals surface area (Å²) in [5, 5.41) is 0. The van der Waals surface area contributed by atoms with Crippen LogP contribution in [0.5, 0.6) is 5.75 Å². The van der Waals surface area contributed by atoms with Crippen molar-refractivity contribution in [2.45, 2.75) is 53.4 Å². The van der Waals surface area contributed by atoms with Crippen molar-refractivity contribution < 1.29 is 14.3 Å². The van der Waals surface area contributed by atoms with E-state index < -0.39 is 0 Å². The number of rotatable bonds is 6. The van der Waals surface area contributed by atoms with Gasteiger partial charge in [0.25, 0.3) is 5.91 Å². The molecule has 4 aromatic rings. The summed E-state index contributed by atoms with van der Waals surface area (Å²) in [6.07, 6.45) is 0.797. The molecule has 43 heavy (non-hydrogen) atoms. The zero-order valence-electron chi connectivity index (χ0n) is 25.6. The molecule has 2 heterocycles. The molecule has 0 saturated carbocycles. The summed E-state index contributed by atoms with van der Waals surface area (Å²) < 4.78 is 8.90. The molecule has 0 radical (unpaired) electrons. The highest BCUT2D eigenvalue weighted by Gasteiger charge is 2.24. The predicted molar refractivity (Wildman–Crippen MR) is 170 cm³/mol. The Morgan fingerprint density at radius 2 is 1.60 bits per heavy atom. The maximum absolute atomic E-state index is 14.2. The van der Waals surface area contributed by atoms with Crippen LogP contribution in [0.25, 0.3) is 11.0 Å². The second kappa shape index (κ2) is 13.3. The lowest BCUT2D eigenvalue weighted by Gasteiger charge is -2.28. The molecule has 9 heteroatoms. The van der Waals surface area contributed by atoms with E-state index in [4.69, 9.17) is 4.74 Å². The Morgan fingerprint density at radius 3 is 2.35 bits per heavy atom. The Labute approximate surface area is 252 Å². The average Bonchev–Trinajstić information content (AvgIpc) is 3.28. The Balaban J connectivity index is 1.52. The van der Waals surface area contributed by atoms with E-state index in [1.807, 2.05) is 84.3 Å². The zero-order chi connectivity index (χ0) is 30.5. The van der Waals surface area contributed by atoms with Gasteiger partial charge in [0.15, 0.2) is 0 Å². The normalized spacial score (nSPS) is 14.8. The molecule has 2 amide bonds. The molecule has 5 rings (SSSR count). The molecule has 0 spiro atoms. The predicted octanol–water partition coefficient (Wildman–Crippen LogP) is 4.75. The van der Waals surface area contributed by atoms with Gasteiger partial charge in [0.2, 0.25) is 5.91 Å². The molecule has 3 aromatic carbocycles. The number of anilines is 1. The van der Waals surface area contributed by atoms with Crippen molar-refractivity contribution in [2.75, 3.05) is 38.2 Å². The van der Waals surface area contributed by atoms with E-state index in [0.717, 1.165) is 46.6 Å². The SMILES string of the molecule is CCn1c(=O)n(CC)c2cc(C(=O)N3CCN(Cc4cccc(OC)c4)CCCN(C(C)=O)c4ccccc4C3)ccc21. The molecule has 0 unspecified atom stereocenters. The van der Waals surface area contributed by atoms with Crippen LogP contribution >= 0.6 is 0 Å². The number of benzene rings is 3. The Morgan fingerprint density at radius 1 is 0.837 bits per heavy atom. The van der Waals surface area contributed by atoms with Crippen LogP contribution in [0, 0.1) is 0 Å². The standard InChI is InChI=1S/C34H41N5O4/c1-5-37-31-16-15-27(22-32(31)38(6-2)34(37)42)33(41)36-20-19-35(23-26-11-9-13-29(21-26)43-4)17-10-18-39(25(3)40)30-14-8-7-12-28(30)24-36/h7-9,11-16,21-22H,5-6,10,17-20,23-24H2,1-4H3. The third-order valence-electron chi connectivity index (χ3n) is 8.29. The van der Waals surface area contributed by atoms with Gasteiger partial charge in [-0.2, -0.15) is 0 Å². The molecule has 0 saturated heterocycles. The second-order valence-electron chi connectivity index (χ2n) is 11.0. The number of carbonyl (C=O) groups excluding carboxylic acids is 2. The summed E-state index contributed by atoms with van der Waals surface area (Å²) in [5.41, 5.74) is 4.96. The van der Waals surface area contributed by atoms with Gasteiger partial charge >= 0.3 is 5.69 Å². The molecular weight excluding hydrogens is 542 g/mol. The monoisotopic (exact) mass is 583 g/mol. The zero-order valence-corrected chi connectivity index (χ0v) is 25.6. The first kappa shape index (κ1) is 30.1. The van der Waals surface area contributed by atoms with E-state index >= 15 is 0 Å². The highest BCUT2D eigenvalue weighted by molar-refractivity contribution is 5.98. The number of methoxy groups -OCH3 is 1. The van der Waals surface area contributed by atoms with Crippen LogP contribution in [-0.4, -0.2) is 64.0 Å². The molecule has 0 N–H and O–H groups in total. The van der Waals surface area contributed by atoms with Crippen LogP contribution in [0.4, 0.5) is 5.69 Å². The third kappa shape index (κ3) is 6.37. The fourth-order valence-corrected chi connectivity index (χ4v) is 6.07. The summed E-state index contributed by atoms with van der Waals surface area (Å²) in [5.74, 6) is 0.682. The summed E-state index contributed by atoms with van der Waals surface area (Å²) in [6, 6.07) is 21.4. The first-order valence-corrected chi connectivity index (χ1v) is 15.1. The Hall–Kier alpha value is -4.37. The molecule has 9 nitrogen and oxygen atoms in total. The van der Waals surface area contributed by atoms with Gasteiger partial charge in [-0.3, -0.25) is 23.6 Å². The van der Waals surface area contributed by atoms with Crippen LogP contribution in [-0.2, 0) is 31.0 Å². The minimum atomic E-state index is -0.106. The number of aryl methyl sites for hydroxylation is 2. The number of imidazole rings is 1. The van der Waals surface area contributed by atoms with Gasteiger partial charge in [-0.15, -0.1) is 0 Å². The summed E-state index contributed by atoms with van der Waals surface area (Å²) in [4.78, 5) is 46.0. The van der Waals surface area contributed by atoms with Gasteiger partial charge in [0.1, 0.15) is 5.75 Å². The fraction of sp³-hybridized carbons (Fsp3) is 0.382. The summed E-state index contributed by atoms with van der Waals surface area (Å²) in [7, 11) is 1.66. The number of nitrogens with zero attached hydrogens (tertiary/aromatic N) is 5. The quantitative estimate of drug-likeness (QED) is 0.327. The minimum Gasteiger partial charge on any atom is -0.497 e. The van der Waals surface area contributed by atoms with Crippen molar-refractivity contribution in [3.8, 4) is 5.75 Å². The Bertz CT molecular complexity index is 1670. The highest BCUT2D eigenvalue weighted by atomic mass is 16.5. The van der Waals surface area contributed by atoms with E-state index in [1.54, 1.807) is 23.2 Å².